The summed E-state index contributed by atoms with van der Waals surface area (Å²) < 4.78 is 12.4. The van der Waals surface area contributed by atoms with Crippen LogP contribution in [0.3, 0.4) is 0 Å². The highest BCUT2D eigenvalue weighted by Gasteiger charge is 2.11. The Balaban J connectivity index is 1.69. The van der Waals surface area contributed by atoms with Gasteiger partial charge in [0.15, 0.2) is 11.5 Å². The van der Waals surface area contributed by atoms with Crippen LogP contribution in [0, 0.1) is 0 Å². The maximum atomic E-state index is 10.2. The summed E-state index contributed by atoms with van der Waals surface area (Å²) in [6.07, 6.45) is 2.58. The molecule has 0 saturated carbocycles. The van der Waals surface area contributed by atoms with Gasteiger partial charge >= 0.3 is 0 Å². The van der Waals surface area contributed by atoms with E-state index in [2.05, 4.69) is 23.6 Å². The minimum Gasteiger partial charge on any atom is -0.502 e. The van der Waals surface area contributed by atoms with E-state index in [4.69, 9.17) is 19.6 Å². The van der Waals surface area contributed by atoms with Crippen LogP contribution in [-0.2, 0) is 6.42 Å². The quantitative estimate of drug-likeness (QED) is 0.371. The molecule has 0 aliphatic heterocycles. The van der Waals surface area contributed by atoms with Crippen molar-refractivity contribution in [1.29, 1.82) is 0 Å². The SMILES string of the molecule is COc1cc(C=Nn2c(-c3cccs3)csc2=NCCc2ccccc2)cc(OC)c1O. The van der Waals surface area contributed by atoms with E-state index >= 15 is 0 Å². The molecule has 2 aromatic carbocycles. The van der Waals surface area contributed by atoms with Crippen LogP contribution in [0.1, 0.15) is 11.1 Å². The fourth-order valence-electron chi connectivity index (χ4n) is 3.15. The molecule has 0 saturated heterocycles. The predicted octanol–water partition coefficient (Wildman–Crippen LogP) is 5.03. The zero-order chi connectivity index (χ0) is 22.3. The molecule has 1 N–H and O–H groups in total. The summed E-state index contributed by atoms with van der Waals surface area (Å²) in [6, 6.07) is 17.8. The second-order valence-corrected chi connectivity index (χ2v) is 8.61. The molecule has 0 fully saturated rings. The Kier molecular flexibility index (Phi) is 7.03. The molecule has 164 valence electrons. The first-order valence-electron chi connectivity index (χ1n) is 9.97. The first-order valence-corrected chi connectivity index (χ1v) is 11.7. The summed E-state index contributed by atoms with van der Waals surface area (Å²) in [4.78, 5) is 6.74. The Morgan fingerprint density at radius 1 is 1.00 bits per heavy atom. The summed E-state index contributed by atoms with van der Waals surface area (Å²) in [5.74, 6) is 0.617. The van der Waals surface area contributed by atoms with E-state index in [-0.39, 0.29) is 5.75 Å². The van der Waals surface area contributed by atoms with E-state index < -0.39 is 0 Å². The van der Waals surface area contributed by atoms with Gasteiger partial charge in [-0.3, -0.25) is 4.99 Å². The molecular formula is C24H23N3O3S2. The van der Waals surface area contributed by atoms with Crippen molar-refractivity contribution in [2.24, 2.45) is 10.1 Å². The van der Waals surface area contributed by atoms with Crippen molar-refractivity contribution in [3.63, 3.8) is 0 Å². The smallest absolute Gasteiger partial charge is 0.206 e. The van der Waals surface area contributed by atoms with Gasteiger partial charge in [0.1, 0.15) is 0 Å². The van der Waals surface area contributed by atoms with Gasteiger partial charge in [-0.25, -0.2) is 4.68 Å². The van der Waals surface area contributed by atoms with E-state index in [1.165, 1.54) is 19.8 Å². The number of phenolic OH excluding ortho intramolecular Hbond substituents is 1. The van der Waals surface area contributed by atoms with E-state index in [1.807, 2.05) is 34.3 Å². The van der Waals surface area contributed by atoms with Crippen LogP contribution in [-0.4, -0.2) is 36.8 Å². The monoisotopic (exact) mass is 465 g/mol. The molecular weight excluding hydrogens is 442 g/mol. The third-order valence-corrected chi connectivity index (χ3v) is 6.52. The number of aromatic hydroxyl groups is 1. The van der Waals surface area contributed by atoms with Crippen LogP contribution < -0.4 is 14.3 Å². The molecule has 4 rings (SSSR count). The number of benzene rings is 2. The molecule has 0 radical (unpaired) electrons. The average molecular weight is 466 g/mol. The van der Waals surface area contributed by atoms with Gasteiger partial charge in [-0.2, -0.15) is 5.10 Å². The topological polar surface area (TPSA) is 68.3 Å². The molecule has 0 unspecified atom stereocenters. The lowest BCUT2D eigenvalue weighted by atomic mass is 10.2. The Labute approximate surface area is 194 Å². The third kappa shape index (κ3) is 4.92. The van der Waals surface area contributed by atoms with E-state index in [1.54, 1.807) is 41.0 Å². The average Bonchev–Trinajstić information content (AvgIpc) is 3.49. The number of phenols is 1. The molecule has 0 amide bonds. The van der Waals surface area contributed by atoms with Gasteiger partial charge in [-0.15, -0.1) is 22.7 Å². The van der Waals surface area contributed by atoms with Gasteiger partial charge in [-0.05, 0) is 35.6 Å². The summed E-state index contributed by atoms with van der Waals surface area (Å²) in [7, 11) is 3.00. The Morgan fingerprint density at radius 2 is 1.75 bits per heavy atom. The van der Waals surface area contributed by atoms with Gasteiger partial charge in [0.25, 0.3) is 0 Å². The lowest BCUT2D eigenvalue weighted by molar-refractivity contribution is 0.340. The second-order valence-electron chi connectivity index (χ2n) is 6.83. The van der Waals surface area contributed by atoms with Crippen LogP contribution in [0.4, 0.5) is 0 Å². The molecule has 0 aliphatic rings. The molecule has 0 spiro atoms. The van der Waals surface area contributed by atoms with Crippen LogP contribution in [0.2, 0.25) is 0 Å². The summed E-state index contributed by atoms with van der Waals surface area (Å²) in [6.45, 7) is 0.671. The molecule has 8 heteroatoms. The number of methoxy groups -OCH3 is 2. The van der Waals surface area contributed by atoms with Crippen LogP contribution in [0.5, 0.6) is 17.2 Å². The van der Waals surface area contributed by atoms with Crippen LogP contribution in [0.15, 0.2) is 75.5 Å². The Morgan fingerprint density at radius 3 is 2.41 bits per heavy atom. The van der Waals surface area contributed by atoms with Gasteiger partial charge < -0.3 is 14.6 Å². The zero-order valence-electron chi connectivity index (χ0n) is 17.8. The standard InChI is InChI=1S/C24H23N3O3S2/c1-29-20-13-18(14-21(30-2)23(20)28)15-26-27-19(22-9-6-12-31-22)16-32-24(27)25-11-10-17-7-4-3-5-8-17/h3-9,12-16,28H,10-11H2,1-2H3. The largest absolute Gasteiger partial charge is 0.502 e. The first-order chi connectivity index (χ1) is 15.7. The van der Waals surface area contributed by atoms with Gasteiger partial charge in [0.05, 0.1) is 31.0 Å². The maximum absolute atomic E-state index is 10.2. The van der Waals surface area contributed by atoms with Crippen molar-refractivity contribution in [2.75, 3.05) is 20.8 Å². The fourth-order valence-corrected chi connectivity index (χ4v) is 4.81. The fraction of sp³-hybridized carbons (Fsp3) is 0.167. The number of ether oxygens (including phenoxy) is 2. The maximum Gasteiger partial charge on any atom is 0.206 e. The van der Waals surface area contributed by atoms with Crippen LogP contribution >= 0.6 is 22.7 Å². The highest BCUT2D eigenvalue weighted by molar-refractivity contribution is 7.14. The lowest BCUT2D eigenvalue weighted by Crippen LogP contribution is -2.13. The number of thiophene rings is 1. The van der Waals surface area contributed by atoms with E-state index in [0.29, 0.717) is 18.0 Å². The number of aromatic nitrogens is 1. The van der Waals surface area contributed by atoms with Crippen molar-refractivity contribution in [3.8, 4) is 27.8 Å². The molecule has 6 nitrogen and oxygen atoms in total. The molecule has 4 aromatic rings. The highest BCUT2D eigenvalue weighted by Crippen LogP contribution is 2.36. The number of hydrogen-bond acceptors (Lipinski definition) is 7. The zero-order valence-corrected chi connectivity index (χ0v) is 19.4. The lowest BCUT2D eigenvalue weighted by Gasteiger charge is -2.09. The molecule has 32 heavy (non-hydrogen) atoms. The van der Waals surface area contributed by atoms with Gasteiger partial charge in [-0.1, -0.05) is 36.4 Å². The van der Waals surface area contributed by atoms with Crippen molar-refractivity contribution < 1.29 is 14.6 Å². The molecule has 0 atom stereocenters. The van der Waals surface area contributed by atoms with Crippen LogP contribution in [0.25, 0.3) is 10.6 Å². The predicted molar refractivity (Wildman–Crippen MR) is 130 cm³/mol. The number of thiazole rings is 1. The first kappa shape index (κ1) is 21.9. The molecule has 2 heterocycles. The number of rotatable bonds is 8. The van der Waals surface area contributed by atoms with Crippen molar-refractivity contribution in [2.45, 2.75) is 6.42 Å². The van der Waals surface area contributed by atoms with Crippen molar-refractivity contribution in [3.05, 3.63) is 81.3 Å². The molecule has 2 aromatic heterocycles. The molecule has 0 aliphatic carbocycles. The van der Waals surface area contributed by atoms with Gasteiger partial charge in [0, 0.05) is 17.5 Å². The number of nitrogens with zero attached hydrogens (tertiary/aromatic N) is 3. The third-order valence-electron chi connectivity index (χ3n) is 4.77. The number of hydrogen-bond donors (Lipinski definition) is 1. The Hall–Kier alpha value is -3.36. The summed E-state index contributed by atoms with van der Waals surface area (Å²) in [5.41, 5.74) is 2.98. The minimum absolute atomic E-state index is 0.0359. The normalized spacial score (nSPS) is 11.9. The van der Waals surface area contributed by atoms with Crippen molar-refractivity contribution >= 4 is 28.9 Å². The minimum atomic E-state index is -0.0359. The summed E-state index contributed by atoms with van der Waals surface area (Å²) in [5, 5.41) is 19.0. The van der Waals surface area contributed by atoms with Gasteiger partial charge in [0.2, 0.25) is 10.6 Å². The summed E-state index contributed by atoms with van der Waals surface area (Å²) >= 11 is 3.22. The molecule has 0 bridgehead atoms. The van der Waals surface area contributed by atoms with E-state index in [9.17, 15) is 5.11 Å². The second kappa shape index (κ2) is 10.3. The Bertz CT molecular complexity index is 1230. The highest BCUT2D eigenvalue weighted by atomic mass is 32.1. The van der Waals surface area contributed by atoms with Crippen molar-refractivity contribution in [1.82, 2.24) is 4.68 Å². The van der Waals surface area contributed by atoms with E-state index in [0.717, 1.165) is 27.4 Å².